The minimum absolute atomic E-state index is 0.0518. The Bertz CT molecular complexity index is 1260. The van der Waals surface area contributed by atoms with Crippen LogP contribution in [0.2, 0.25) is 0 Å². The number of nitrogens with zero attached hydrogens (tertiary/aromatic N) is 3. The highest BCUT2D eigenvalue weighted by molar-refractivity contribution is 5.98. The molecule has 4 rings (SSSR count). The Morgan fingerprint density at radius 3 is 2.48 bits per heavy atom. The summed E-state index contributed by atoms with van der Waals surface area (Å²) in [6, 6.07) is 21.8. The van der Waals surface area contributed by atoms with Gasteiger partial charge < -0.3 is 9.88 Å². The van der Waals surface area contributed by atoms with Crippen LogP contribution < -0.4 is 5.32 Å². The van der Waals surface area contributed by atoms with Crippen LogP contribution in [0.1, 0.15) is 33.4 Å². The summed E-state index contributed by atoms with van der Waals surface area (Å²) in [5.74, 6) is 0.331. The molecule has 0 saturated carbocycles. The predicted molar refractivity (Wildman–Crippen MR) is 119 cm³/mol. The number of carbonyl (C=O) groups is 1. The minimum Gasteiger partial charge on any atom is -0.345 e. The van der Waals surface area contributed by atoms with Gasteiger partial charge in [-0.15, -0.1) is 0 Å². The van der Waals surface area contributed by atoms with Gasteiger partial charge in [-0.3, -0.25) is 14.9 Å². The molecule has 31 heavy (non-hydrogen) atoms. The Kier molecular flexibility index (Phi) is 5.49. The van der Waals surface area contributed by atoms with Crippen molar-refractivity contribution in [3.05, 3.63) is 105 Å². The molecular formula is C24H22N4O3. The molecule has 0 aliphatic carbocycles. The number of nitro benzene ring substituents is 1. The third-order valence-electron chi connectivity index (χ3n) is 5.44. The van der Waals surface area contributed by atoms with Gasteiger partial charge in [0.05, 0.1) is 22.0 Å². The zero-order valence-electron chi connectivity index (χ0n) is 17.3. The lowest BCUT2D eigenvalue weighted by Crippen LogP contribution is -2.31. The second kappa shape index (κ2) is 8.39. The van der Waals surface area contributed by atoms with Crippen LogP contribution in [0.25, 0.3) is 11.0 Å². The van der Waals surface area contributed by atoms with Crippen LogP contribution in [-0.4, -0.2) is 20.4 Å². The van der Waals surface area contributed by atoms with Crippen LogP contribution >= 0.6 is 0 Å². The third-order valence-corrected chi connectivity index (χ3v) is 5.44. The molecule has 0 aliphatic heterocycles. The predicted octanol–water partition coefficient (Wildman–Crippen LogP) is 4.50. The molecule has 0 unspecified atom stereocenters. The Labute approximate surface area is 179 Å². The Balaban J connectivity index is 1.70. The van der Waals surface area contributed by atoms with Crippen molar-refractivity contribution in [3.63, 3.8) is 0 Å². The maximum Gasteiger partial charge on any atom is 0.285 e. The van der Waals surface area contributed by atoms with Gasteiger partial charge >= 0.3 is 0 Å². The van der Waals surface area contributed by atoms with Gasteiger partial charge in [-0.1, -0.05) is 54.6 Å². The van der Waals surface area contributed by atoms with Gasteiger partial charge in [0.15, 0.2) is 0 Å². The van der Waals surface area contributed by atoms with E-state index in [1.54, 1.807) is 19.1 Å². The highest BCUT2D eigenvalue weighted by atomic mass is 16.6. The smallest absolute Gasteiger partial charge is 0.285 e. The first-order valence-corrected chi connectivity index (χ1v) is 9.96. The zero-order chi connectivity index (χ0) is 22.0. The van der Waals surface area contributed by atoms with E-state index >= 15 is 0 Å². The molecule has 0 radical (unpaired) electrons. The number of carbonyl (C=O) groups excluding carboxylic acids is 1. The molecule has 0 bridgehead atoms. The lowest BCUT2D eigenvalue weighted by molar-refractivity contribution is -0.385. The van der Waals surface area contributed by atoms with Crippen LogP contribution in [-0.2, 0) is 13.5 Å². The van der Waals surface area contributed by atoms with Crippen molar-refractivity contribution in [2.45, 2.75) is 19.4 Å². The Morgan fingerprint density at radius 1 is 1.06 bits per heavy atom. The first-order chi connectivity index (χ1) is 15.0. The lowest BCUT2D eigenvalue weighted by atomic mass is 10.0. The van der Waals surface area contributed by atoms with Crippen molar-refractivity contribution in [1.29, 1.82) is 0 Å². The van der Waals surface area contributed by atoms with Crippen LogP contribution in [0.5, 0.6) is 0 Å². The third kappa shape index (κ3) is 4.02. The molecule has 1 heterocycles. The number of nitrogens with one attached hydrogen (secondary N) is 1. The molecule has 1 atom stereocenters. The van der Waals surface area contributed by atoms with Gasteiger partial charge in [0.2, 0.25) is 0 Å². The molecule has 1 amide bonds. The van der Waals surface area contributed by atoms with Crippen molar-refractivity contribution in [2.24, 2.45) is 7.05 Å². The summed E-state index contributed by atoms with van der Waals surface area (Å²) in [4.78, 5) is 28.9. The molecule has 3 aromatic carbocycles. The standard InChI is InChI=1S/C24H22N4O3/c1-16-9-8-12-18(23(16)28(30)31)24(29)26-20(17-10-4-3-5-11-17)15-22-25-19-13-6-7-14-21(19)27(22)2/h3-14,20H,15H2,1-2H3,(H,26,29)/t20-/m0/s1. The number of aromatic nitrogens is 2. The monoisotopic (exact) mass is 414 g/mol. The molecule has 7 nitrogen and oxygen atoms in total. The number of rotatable bonds is 6. The fourth-order valence-corrected chi connectivity index (χ4v) is 3.82. The highest BCUT2D eigenvalue weighted by Crippen LogP contribution is 2.26. The second-order valence-electron chi connectivity index (χ2n) is 7.44. The van der Waals surface area contributed by atoms with E-state index in [0.29, 0.717) is 12.0 Å². The molecular weight excluding hydrogens is 392 g/mol. The number of aryl methyl sites for hydroxylation is 2. The van der Waals surface area contributed by atoms with Gasteiger partial charge in [-0.25, -0.2) is 4.98 Å². The fourth-order valence-electron chi connectivity index (χ4n) is 3.82. The summed E-state index contributed by atoms with van der Waals surface area (Å²) in [7, 11) is 1.94. The van der Waals surface area contributed by atoms with Gasteiger partial charge in [0, 0.05) is 19.0 Å². The summed E-state index contributed by atoms with van der Waals surface area (Å²) < 4.78 is 2.01. The minimum atomic E-state index is -0.507. The Hall–Kier alpha value is -4.00. The first-order valence-electron chi connectivity index (χ1n) is 9.96. The van der Waals surface area contributed by atoms with E-state index in [9.17, 15) is 14.9 Å². The van der Waals surface area contributed by atoms with E-state index in [1.165, 1.54) is 6.07 Å². The van der Waals surface area contributed by atoms with Crippen LogP contribution in [0.4, 0.5) is 5.69 Å². The SMILES string of the molecule is Cc1cccc(C(=O)N[C@@H](Cc2nc3ccccc3n2C)c2ccccc2)c1[N+](=O)[O-]. The van der Waals surface area contributed by atoms with Gasteiger partial charge in [0.25, 0.3) is 11.6 Å². The summed E-state index contributed by atoms with van der Waals surface area (Å²) in [6.45, 7) is 1.63. The normalized spacial score (nSPS) is 11.9. The highest BCUT2D eigenvalue weighted by Gasteiger charge is 2.25. The number of para-hydroxylation sites is 3. The van der Waals surface area contributed by atoms with E-state index in [2.05, 4.69) is 5.32 Å². The summed E-state index contributed by atoms with van der Waals surface area (Å²) in [5.41, 5.74) is 3.12. The average Bonchev–Trinajstić information content (AvgIpc) is 3.09. The number of hydrogen-bond acceptors (Lipinski definition) is 4. The number of benzene rings is 3. The zero-order valence-corrected chi connectivity index (χ0v) is 17.3. The number of hydrogen-bond donors (Lipinski definition) is 1. The number of imidazole rings is 1. The van der Waals surface area contributed by atoms with Crippen molar-refractivity contribution in [1.82, 2.24) is 14.9 Å². The Morgan fingerprint density at radius 2 is 1.77 bits per heavy atom. The topological polar surface area (TPSA) is 90.1 Å². The fraction of sp³-hybridized carbons (Fsp3) is 0.167. The maximum absolute atomic E-state index is 13.1. The van der Waals surface area contributed by atoms with E-state index in [0.717, 1.165) is 22.4 Å². The van der Waals surface area contributed by atoms with Crippen molar-refractivity contribution >= 4 is 22.6 Å². The van der Waals surface area contributed by atoms with Crippen molar-refractivity contribution in [2.75, 3.05) is 0 Å². The van der Waals surface area contributed by atoms with Crippen LogP contribution in [0, 0.1) is 17.0 Å². The summed E-state index contributed by atoms with van der Waals surface area (Å²) >= 11 is 0. The summed E-state index contributed by atoms with van der Waals surface area (Å²) in [6.07, 6.45) is 0.445. The van der Waals surface area contributed by atoms with E-state index in [1.807, 2.05) is 66.2 Å². The molecule has 1 N–H and O–H groups in total. The van der Waals surface area contributed by atoms with Crippen LogP contribution in [0.15, 0.2) is 72.8 Å². The molecule has 156 valence electrons. The van der Waals surface area contributed by atoms with Crippen LogP contribution in [0.3, 0.4) is 0 Å². The second-order valence-corrected chi connectivity index (χ2v) is 7.44. The number of fused-ring (bicyclic) bond motifs is 1. The van der Waals surface area contributed by atoms with Gasteiger partial charge in [-0.2, -0.15) is 0 Å². The molecule has 1 aromatic heterocycles. The van der Waals surface area contributed by atoms with E-state index in [-0.39, 0.29) is 11.3 Å². The van der Waals surface area contributed by atoms with E-state index < -0.39 is 16.9 Å². The van der Waals surface area contributed by atoms with Gasteiger partial charge in [0.1, 0.15) is 11.4 Å². The summed E-state index contributed by atoms with van der Waals surface area (Å²) in [5, 5.41) is 14.5. The first kappa shape index (κ1) is 20.3. The number of nitro groups is 1. The molecule has 0 aliphatic rings. The average molecular weight is 414 g/mol. The van der Waals surface area contributed by atoms with Gasteiger partial charge in [-0.05, 0) is 30.7 Å². The van der Waals surface area contributed by atoms with Crippen molar-refractivity contribution < 1.29 is 9.72 Å². The number of amides is 1. The van der Waals surface area contributed by atoms with E-state index in [4.69, 9.17) is 4.98 Å². The quantitative estimate of drug-likeness (QED) is 0.371. The van der Waals surface area contributed by atoms with Crippen molar-refractivity contribution in [3.8, 4) is 0 Å². The largest absolute Gasteiger partial charge is 0.345 e. The molecule has 0 fully saturated rings. The molecule has 7 heteroatoms. The molecule has 0 saturated heterocycles. The lowest BCUT2D eigenvalue weighted by Gasteiger charge is -2.19. The maximum atomic E-state index is 13.1. The molecule has 0 spiro atoms. The molecule has 4 aromatic rings.